The molecule has 0 aliphatic carbocycles. The summed E-state index contributed by atoms with van der Waals surface area (Å²) in [6.45, 7) is 0.294. The Hall–Kier alpha value is -4.24. The van der Waals surface area contributed by atoms with Crippen LogP contribution in [0.4, 0.5) is 8.78 Å². The van der Waals surface area contributed by atoms with Gasteiger partial charge in [-0.05, 0) is 71.3 Å². The number of H-pyrrole nitrogens is 1. The van der Waals surface area contributed by atoms with Gasteiger partial charge in [0.25, 0.3) is 5.56 Å². The summed E-state index contributed by atoms with van der Waals surface area (Å²) in [4.78, 5) is 15.2. The lowest BCUT2D eigenvalue weighted by Crippen LogP contribution is -2.12. The zero-order chi connectivity index (χ0) is 21.8. The van der Waals surface area contributed by atoms with Crippen molar-refractivity contribution in [2.24, 2.45) is 0 Å². The van der Waals surface area contributed by atoms with Gasteiger partial charge in [-0.25, -0.2) is 8.78 Å². The van der Waals surface area contributed by atoms with E-state index in [1.807, 2.05) is 6.07 Å². The zero-order valence-corrected chi connectivity index (χ0v) is 16.2. The van der Waals surface area contributed by atoms with Crippen LogP contribution in [0.5, 0.6) is 5.75 Å². The summed E-state index contributed by atoms with van der Waals surface area (Å²) in [6.07, 6.45) is 0. The molecule has 31 heavy (non-hydrogen) atoms. The third kappa shape index (κ3) is 4.51. The Morgan fingerprint density at radius 3 is 2.03 bits per heavy atom. The van der Waals surface area contributed by atoms with Crippen LogP contribution in [0.1, 0.15) is 11.1 Å². The normalized spacial score (nSPS) is 10.5. The predicted molar refractivity (Wildman–Crippen MR) is 113 cm³/mol. The molecule has 3 aromatic carbocycles. The van der Waals surface area contributed by atoms with E-state index in [4.69, 9.17) is 4.74 Å². The van der Waals surface area contributed by atoms with E-state index in [-0.39, 0.29) is 11.4 Å². The summed E-state index contributed by atoms with van der Waals surface area (Å²) >= 11 is 0. The van der Waals surface area contributed by atoms with Gasteiger partial charge in [0.05, 0.1) is 0 Å². The lowest BCUT2D eigenvalue weighted by molar-refractivity contribution is 0.306. The highest BCUT2D eigenvalue weighted by molar-refractivity contribution is 5.75. The van der Waals surface area contributed by atoms with Gasteiger partial charge in [0.15, 0.2) is 0 Å². The van der Waals surface area contributed by atoms with Crippen LogP contribution in [0.2, 0.25) is 0 Å². The maximum Gasteiger partial charge on any atom is 0.266 e. The third-order valence-electron chi connectivity index (χ3n) is 4.78. The van der Waals surface area contributed by atoms with E-state index in [1.54, 1.807) is 42.5 Å². The molecule has 0 amide bonds. The summed E-state index contributed by atoms with van der Waals surface area (Å²) in [5, 5.41) is 9.40. The predicted octanol–water partition coefficient (Wildman–Crippen LogP) is 5.44. The molecular formula is C25H16F2N2O2. The van der Waals surface area contributed by atoms with Gasteiger partial charge in [0, 0.05) is 11.3 Å². The van der Waals surface area contributed by atoms with Crippen LogP contribution in [-0.2, 0) is 6.61 Å². The van der Waals surface area contributed by atoms with Gasteiger partial charge in [-0.1, -0.05) is 24.3 Å². The number of hydrogen-bond acceptors (Lipinski definition) is 3. The lowest BCUT2D eigenvalue weighted by atomic mass is 9.99. The average molecular weight is 414 g/mol. The molecule has 0 atom stereocenters. The number of hydrogen-bond donors (Lipinski definition) is 1. The second-order valence-electron chi connectivity index (χ2n) is 6.86. The van der Waals surface area contributed by atoms with Crippen LogP contribution in [0.3, 0.4) is 0 Å². The first kappa shape index (κ1) is 20.0. The smallest absolute Gasteiger partial charge is 0.266 e. The van der Waals surface area contributed by atoms with Gasteiger partial charge in [-0.3, -0.25) is 4.79 Å². The third-order valence-corrected chi connectivity index (χ3v) is 4.78. The molecule has 0 unspecified atom stereocenters. The first-order chi connectivity index (χ1) is 15.0. The summed E-state index contributed by atoms with van der Waals surface area (Å²) < 4.78 is 32.0. The van der Waals surface area contributed by atoms with Crippen LogP contribution in [0.15, 0.2) is 83.7 Å². The highest BCUT2D eigenvalue weighted by Gasteiger charge is 2.13. The number of aromatic amines is 1. The van der Waals surface area contributed by atoms with E-state index in [9.17, 15) is 18.8 Å². The molecule has 6 heteroatoms. The second-order valence-corrected chi connectivity index (χ2v) is 6.86. The van der Waals surface area contributed by atoms with E-state index in [1.165, 1.54) is 36.4 Å². The molecule has 1 aromatic heterocycles. The van der Waals surface area contributed by atoms with Gasteiger partial charge in [-0.2, -0.15) is 5.26 Å². The van der Waals surface area contributed by atoms with Crippen molar-refractivity contribution >= 4 is 0 Å². The number of benzene rings is 3. The Bertz CT molecular complexity index is 1300. The van der Waals surface area contributed by atoms with Crippen LogP contribution < -0.4 is 10.3 Å². The number of rotatable bonds is 5. The number of halogens is 2. The Balaban J connectivity index is 1.60. The Kier molecular flexibility index (Phi) is 5.59. The van der Waals surface area contributed by atoms with Crippen molar-refractivity contribution in [1.29, 1.82) is 5.26 Å². The average Bonchev–Trinajstić information content (AvgIpc) is 2.79. The van der Waals surface area contributed by atoms with E-state index < -0.39 is 11.4 Å². The highest BCUT2D eigenvalue weighted by Crippen LogP contribution is 2.27. The fourth-order valence-electron chi connectivity index (χ4n) is 3.16. The van der Waals surface area contributed by atoms with Crippen molar-refractivity contribution in [2.75, 3.05) is 0 Å². The summed E-state index contributed by atoms with van der Waals surface area (Å²) in [7, 11) is 0. The minimum absolute atomic E-state index is 0.0328. The maximum absolute atomic E-state index is 13.3. The maximum atomic E-state index is 13.3. The summed E-state index contributed by atoms with van der Waals surface area (Å²) in [5.41, 5.74) is 2.53. The fraction of sp³-hybridized carbons (Fsp3) is 0.0400. The number of ether oxygens (including phenoxy) is 1. The topological polar surface area (TPSA) is 65.9 Å². The molecule has 0 radical (unpaired) electrons. The van der Waals surface area contributed by atoms with E-state index in [2.05, 4.69) is 4.98 Å². The van der Waals surface area contributed by atoms with Gasteiger partial charge in [-0.15, -0.1) is 0 Å². The first-order valence-electron chi connectivity index (χ1n) is 9.44. The second kappa shape index (κ2) is 8.64. The minimum atomic E-state index is -0.518. The highest BCUT2D eigenvalue weighted by atomic mass is 19.1. The largest absolute Gasteiger partial charge is 0.489 e. The molecular weight excluding hydrogens is 398 g/mol. The van der Waals surface area contributed by atoms with Crippen molar-refractivity contribution in [1.82, 2.24) is 4.98 Å². The van der Waals surface area contributed by atoms with Crippen molar-refractivity contribution in [3.63, 3.8) is 0 Å². The van der Waals surface area contributed by atoms with Gasteiger partial charge >= 0.3 is 0 Å². The number of pyridine rings is 1. The van der Waals surface area contributed by atoms with Crippen LogP contribution in [0.25, 0.3) is 22.4 Å². The van der Waals surface area contributed by atoms with Crippen LogP contribution in [-0.4, -0.2) is 4.98 Å². The van der Waals surface area contributed by atoms with Crippen molar-refractivity contribution < 1.29 is 13.5 Å². The number of aromatic nitrogens is 1. The SMILES string of the molecule is N#Cc1c(-c2ccc(F)cc2)cc(-c2ccc(OCc3ccc(F)cc3)cc2)[nH]c1=O. The van der Waals surface area contributed by atoms with Crippen LogP contribution in [0, 0.1) is 23.0 Å². The standard InChI is InChI=1S/C25H16F2N2O2/c26-19-7-1-16(2-8-19)15-31-21-11-5-18(6-12-21)24-13-22(23(14-28)25(30)29-24)17-3-9-20(27)10-4-17/h1-13H,15H2,(H,29,30). The first-order valence-corrected chi connectivity index (χ1v) is 9.44. The Morgan fingerprint density at radius 2 is 1.42 bits per heavy atom. The van der Waals surface area contributed by atoms with Crippen molar-refractivity contribution in [3.05, 3.63) is 112 Å². The quantitative estimate of drug-likeness (QED) is 0.473. The number of nitriles is 1. The number of nitrogens with zero attached hydrogens (tertiary/aromatic N) is 1. The molecule has 0 bridgehead atoms. The van der Waals surface area contributed by atoms with Gasteiger partial charge < -0.3 is 9.72 Å². The molecule has 1 N–H and O–H groups in total. The molecule has 4 aromatic rings. The van der Waals surface area contributed by atoms with E-state index >= 15 is 0 Å². The molecule has 0 spiro atoms. The van der Waals surface area contributed by atoms with Gasteiger partial charge in [0.2, 0.25) is 0 Å². The molecule has 0 saturated heterocycles. The molecule has 4 rings (SSSR count). The molecule has 0 aliphatic heterocycles. The molecule has 0 aliphatic rings. The monoisotopic (exact) mass is 414 g/mol. The molecule has 1 heterocycles. The fourth-order valence-corrected chi connectivity index (χ4v) is 3.16. The van der Waals surface area contributed by atoms with E-state index in [0.717, 1.165) is 11.1 Å². The Labute approximate surface area is 177 Å². The van der Waals surface area contributed by atoms with Crippen molar-refractivity contribution in [3.8, 4) is 34.2 Å². The molecule has 152 valence electrons. The van der Waals surface area contributed by atoms with Crippen molar-refractivity contribution in [2.45, 2.75) is 6.61 Å². The van der Waals surface area contributed by atoms with Gasteiger partial charge in [0.1, 0.15) is 35.6 Å². The zero-order valence-electron chi connectivity index (χ0n) is 16.2. The molecule has 0 fully saturated rings. The molecule has 4 nitrogen and oxygen atoms in total. The Morgan fingerprint density at radius 1 is 0.839 bits per heavy atom. The minimum Gasteiger partial charge on any atom is -0.489 e. The lowest BCUT2D eigenvalue weighted by Gasteiger charge is -2.10. The molecule has 0 saturated carbocycles. The summed E-state index contributed by atoms with van der Waals surface area (Å²) in [6, 6.07) is 22.4. The number of nitrogens with one attached hydrogen (secondary N) is 1. The van der Waals surface area contributed by atoms with E-state index in [0.29, 0.717) is 29.2 Å². The summed E-state index contributed by atoms with van der Waals surface area (Å²) in [5.74, 6) is -0.0871. The van der Waals surface area contributed by atoms with Crippen LogP contribution >= 0.6 is 0 Å².